The van der Waals surface area contributed by atoms with Gasteiger partial charge in [-0.25, -0.2) is 8.78 Å². The number of amides is 1. The van der Waals surface area contributed by atoms with E-state index in [4.69, 9.17) is 10.4 Å². The molecule has 6 nitrogen and oxygen atoms in total. The molecule has 0 spiro atoms. The van der Waals surface area contributed by atoms with Gasteiger partial charge in [-0.1, -0.05) is 6.42 Å². The van der Waals surface area contributed by atoms with Crippen molar-refractivity contribution < 1.29 is 23.5 Å². The second-order valence-electron chi connectivity index (χ2n) is 4.90. The van der Waals surface area contributed by atoms with Crippen molar-refractivity contribution in [2.45, 2.75) is 25.7 Å². The van der Waals surface area contributed by atoms with Crippen molar-refractivity contribution in [3.8, 4) is 6.07 Å². The second-order valence-corrected chi connectivity index (χ2v) is 4.90. The first-order valence-electron chi connectivity index (χ1n) is 7.26. The highest BCUT2D eigenvalue weighted by Gasteiger charge is 2.09. The standard InChI is InChI=1S/C16H17F2N3O3/c17-12-5-6-14(13(18)8-12)21-10-11(9-19)16(24)20-7-3-1-2-4-15(22)23/h5-6,8,10,21H,1-4,7H2,(H,20,24)(H,22,23)/b11-10-. The summed E-state index contributed by atoms with van der Waals surface area (Å²) in [5.74, 6) is -3.08. The Morgan fingerprint density at radius 2 is 2.00 bits per heavy atom. The maximum atomic E-state index is 13.4. The van der Waals surface area contributed by atoms with Crippen molar-refractivity contribution in [1.29, 1.82) is 5.26 Å². The highest BCUT2D eigenvalue weighted by molar-refractivity contribution is 5.97. The number of benzene rings is 1. The van der Waals surface area contributed by atoms with Gasteiger partial charge >= 0.3 is 5.97 Å². The minimum atomic E-state index is -0.868. The van der Waals surface area contributed by atoms with Gasteiger partial charge in [0.2, 0.25) is 0 Å². The fourth-order valence-corrected chi connectivity index (χ4v) is 1.78. The van der Waals surface area contributed by atoms with E-state index in [9.17, 15) is 18.4 Å². The van der Waals surface area contributed by atoms with E-state index >= 15 is 0 Å². The van der Waals surface area contributed by atoms with E-state index in [1.54, 1.807) is 6.07 Å². The van der Waals surface area contributed by atoms with Gasteiger partial charge in [0.05, 0.1) is 5.69 Å². The zero-order valence-corrected chi connectivity index (χ0v) is 12.8. The molecule has 0 aliphatic heterocycles. The summed E-state index contributed by atoms with van der Waals surface area (Å²) in [6.45, 7) is 0.294. The molecule has 24 heavy (non-hydrogen) atoms. The van der Waals surface area contributed by atoms with Crippen LogP contribution in [0, 0.1) is 23.0 Å². The van der Waals surface area contributed by atoms with Crippen LogP contribution in [-0.2, 0) is 9.59 Å². The van der Waals surface area contributed by atoms with Gasteiger partial charge in [0.1, 0.15) is 23.3 Å². The van der Waals surface area contributed by atoms with Crippen LogP contribution in [0.1, 0.15) is 25.7 Å². The smallest absolute Gasteiger partial charge is 0.303 e. The van der Waals surface area contributed by atoms with Crippen LogP contribution in [0.3, 0.4) is 0 Å². The number of nitrogens with one attached hydrogen (secondary N) is 2. The predicted octanol–water partition coefficient (Wildman–Crippen LogP) is 2.55. The molecule has 0 aliphatic rings. The highest BCUT2D eigenvalue weighted by Crippen LogP contribution is 2.15. The van der Waals surface area contributed by atoms with Gasteiger partial charge in [-0.05, 0) is 25.0 Å². The Labute approximate surface area is 137 Å². The number of rotatable bonds is 9. The molecule has 0 heterocycles. The van der Waals surface area contributed by atoms with Crippen LogP contribution in [-0.4, -0.2) is 23.5 Å². The summed E-state index contributed by atoms with van der Waals surface area (Å²) < 4.78 is 26.2. The van der Waals surface area contributed by atoms with Crippen LogP contribution >= 0.6 is 0 Å². The fourth-order valence-electron chi connectivity index (χ4n) is 1.78. The Bertz CT molecular complexity index is 669. The van der Waals surface area contributed by atoms with Crippen molar-refractivity contribution in [3.05, 3.63) is 41.6 Å². The molecule has 0 fully saturated rings. The van der Waals surface area contributed by atoms with Crippen LogP contribution in [0.2, 0.25) is 0 Å². The predicted molar refractivity (Wildman–Crippen MR) is 82.8 cm³/mol. The molecule has 3 N–H and O–H groups in total. The largest absolute Gasteiger partial charge is 0.481 e. The first kappa shape index (κ1) is 19.1. The van der Waals surface area contributed by atoms with Gasteiger partial charge in [0.25, 0.3) is 5.91 Å². The molecule has 0 unspecified atom stereocenters. The van der Waals surface area contributed by atoms with Crippen molar-refractivity contribution in [3.63, 3.8) is 0 Å². The van der Waals surface area contributed by atoms with E-state index in [1.165, 1.54) is 0 Å². The lowest BCUT2D eigenvalue weighted by Gasteiger charge is -2.06. The Hall–Kier alpha value is -2.95. The summed E-state index contributed by atoms with van der Waals surface area (Å²) in [7, 11) is 0. The Morgan fingerprint density at radius 1 is 1.25 bits per heavy atom. The van der Waals surface area contributed by atoms with Crippen molar-refractivity contribution >= 4 is 17.6 Å². The van der Waals surface area contributed by atoms with Gasteiger partial charge < -0.3 is 15.7 Å². The summed E-state index contributed by atoms with van der Waals surface area (Å²) in [4.78, 5) is 22.1. The Morgan fingerprint density at radius 3 is 2.62 bits per heavy atom. The molecule has 0 radical (unpaired) electrons. The van der Waals surface area contributed by atoms with E-state index in [-0.39, 0.29) is 17.7 Å². The number of carbonyl (C=O) groups is 2. The minimum absolute atomic E-state index is 0.0642. The second kappa shape index (κ2) is 9.94. The Balaban J connectivity index is 2.45. The average Bonchev–Trinajstić information content (AvgIpc) is 2.52. The number of nitriles is 1. The normalized spacial score (nSPS) is 10.8. The summed E-state index contributed by atoms with van der Waals surface area (Å²) >= 11 is 0. The van der Waals surface area contributed by atoms with Crippen LogP contribution in [0.15, 0.2) is 30.0 Å². The lowest BCUT2D eigenvalue weighted by Crippen LogP contribution is -2.26. The minimum Gasteiger partial charge on any atom is -0.481 e. The number of carboxylic acid groups (broad SMARTS) is 1. The lowest BCUT2D eigenvalue weighted by molar-refractivity contribution is -0.137. The number of hydrogen-bond donors (Lipinski definition) is 3. The number of carbonyl (C=O) groups excluding carboxylic acids is 1. The van der Waals surface area contributed by atoms with E-state index in [0.717, 1.165) is 18.3 Å². The van der Waals surface area contributed by atoms with Crippen molar-refractivity contribution in [2.75, 3.05) is 11.9 Å². The SMILES string of the molecule is N#C/C(=C/Nc1ccc(F)cc1F)C(=O)NCCCCCC(=O)O. The van der Waals surface area contributed by atoms with Gasteiger partial charge in [-0.3, -0.25) is 9.59 Å². The molecule has 0 atom stereocenters. The van der Waals surface area contributed by atoms with Crippen LogP contribution < -0.4 is 10.6 Å². The number of carboxylic acids is 1. The number of nitrogens with zero attached hydrogens (tertiary/aromatic N) is 1. The molecule has 1 aromatic carbocycles. The first-order chi connectivity index (χ1) is 11.4. The molecule has 0 bridgehead atoms. The van der Waals surface area contributed by atoms with E-state index < -0.39 is 23.5 Å². The molecule has 1 aromatic rings. The summed E-state index contributed by atoms with van der Waals surface area (Å²) in [6, 6.07) is 4.56. The van der Waals surface area contributed by atoms with E-state index in [0.29, 0.717) is 31.9 Å². The van der Waals surface area contributed by atoms with E-state index in [1.807, 2.05) is 0 Å². The number of halogens is 2. The molecule has 0 saturated heterocycles. The first-order valence-corrected chi connectivity index (χ1v) is 7.26. The maximum absolute atomic E-state index is 13.4. The lowest BCUT2D eigenvalue weighted by atomic mass is 10.2. The molecule has 1 rings (SSSR count). The molecule has 0 saturated carbocycles. The average molecular weight is 337 g/mol. The monoisotopic (exact) mass is 337 g/mol. The molecular weight excluding hydrogens is 320 g/mol. The third-order valence-electron chi connectivity index (χ3n) is 3.02. The summed E-state index contributed by atoms with van der Waals surface area (Å²) in [6.07, 6.45) is 2.84. The fraction of sp³-hybridized carbons (Fsp3) is 0.312. The van der Waals surface area contributed by atoms with E-state index in [2.05, 4.69) is 10.6 Å². The quantitative estimate of drug-likeness (QED) is 0.365. The molecule has 128 valence electrons. The third kappa shape index (κ3) is 6.87. The highest BCUT2D eigenvalue weighted by atomic mass is 19.1. The summed E-state index contributed by atoms with van der Waals surface area (Å²) in [5.41, 5.74) is -0.324. The zero-order valence-electron chi connectivity index (χ0n) is 12.8. The number of hydrogen-bond acceptors (Lipinski definition) is 4. The zero-order chi connectivity index (χ0) is 17.9. The van der Waals surface area contributed by atoms with Crippen molar-refractivity contribution in [2.24, 2.45) is 0 Å². The molecular formula is C16H17F2N3O3. The topological polar surface area (TPSA) is 102 Å². The molecule has 0 aliphatic carbocycles. The summed E-state index contributed by atoms with van der Waals surface area (Å²) in [5, 5.41) is 22.4. The van der Waals surface area contributed by atoms with Gasteiger partial charge in [-0.15, -0.1) is 0 Å². The maximum Gasteiger partial charge on any atom is 0.303 e. The van der Waals surface area contributed by atoms with Gasteiger partial charge in [0, 0.05) is 25.2 Å². The molecule has 0 aromatic heterocycles. The molecule has 1 amide bonds. The van der Waals surface area contributed by atoms with Crippen LogP contribution in [0.25, 0.3) is 0 Å². The Kier molecular flexibility index (Phi) is 7.91. The number of aliphatic carboxylic acids is 1. The van der Waals surface area contributed by atoms with Crippen molar-refractivity contribution in [1.82, 2.24) is 5.32 Å². The van der Waals surface area contributed by atoms with Gasteiger partial charge in [-0.2, -0.15) is 5.26 Å². The van der Waals surface area contributed by atoms with Crippen LogP contribution in [0.4, 0.5) is 14.5 Å². The van der Waals surface area contributed by atoms with Crippen LogP contribution in [0.5, 0.6) is 0 Å². The number of unbranched alkanes of at least 4 members (excludes halogenated alkanes) is 2. The number of anilines is 1. The third-order valence-corrected chi connectivity index (χ3v) is 3.02. The van der Waals surface area contributed by atoms with Gasteiger partial charge in [0.15, 0.2) is 0 Å². The molecule has 8 heteroatoms.